The molecular formula is C29H24O6. The lowest BCUT2D eigenvalue weighted by atomic mass is 9.84. The van der Waals surface area contributed by atoms with Crippen LogP contribution in [0, 0.1) is 6.92 Å². The van der Waals surface area contributed by atoms with Crippen LogP contribution in [-0.4, -0.2) is 25.5 Å². The summed E-state index contributed by atoms with van der Waals surface area (Å²) in [6, 6.07) is 19.7. The lowest BCUT2D eigenvalue weighted by Crippen LogP contribution is -2.11. The van der Waals surface area contributed by atoms with Crippen LogP contribution < -0.4 is 4.74 Å². The van der Waals surface area contributed by atoms with Crippen molar-refractivity contribution in [2.75, 3.05) is 0 Å². The summed E-state index contributed by atoms with van der Waals surface area (Å²) in [5.41, 5.74) is 4.23. The van der Waals surface area contributed by atoms with Gasteiger partial charge in [0, 0.05) is 11.6 Å². The highest BCUT2D eigenvalue weighted by atomic mass is 16.5. The number of benzene rings is 4. The van der Waals surface area contributed by atoms with E-state index in [2.05, 4.69) is 0 Å². The Bertz CT molecular complexity index is 1400. The molecule has 0 fully saturated rings. The number of aryl methyl sites for hydroxylation is 1. The molecule has 0 radical (unpaired) electrons. The summed E-state index contributed by atoms with van der Waals surface area (Å²) in [5.74, 6) is 0.00909. The van der Waals surface area contributed by atoms with E-state index in [0.29, 0.717) is 28.0 Å². The summed E-state index contributed by atoms with van der Waals surface area (Å²) in [6.45, 7) is 1.87. The van der Waals surface area contributed by atoms with E-state index in [1.165, 1.54) is 18.2 Å². The maximum atomic E-state index is 11.1. The molecule has 0 spiro atoms. The number of rotatable bonds is 4. The smallest absolute Gasteiger partial charge is 0.135 e. The molecule has 0 aromatic heterocycles. The standard InChI is InChI=1S/C29H24O6/c1-16-8-20(14-22(31)9-16)29-27(19-12-23(32)15-24(33)13-19)28-25(34)10-18(11-26(28)35-29)3-2-17-4-6-21(30)7-5-17/h2-15,27,29-34H,1H3/b3-2+/t27-,29+/m0/s1. The normalized spacial score (nSPS) is 16.8. The Kier molecular flexibility index (Phi) is 5.49. The molecule has 0 aliphatic carbocycles. The summed E-state index contributed by atoms with van der Waals surface area (Å²) in [4.78, 5) is 0. The van der Waals surface area contributed by atoms with Gasteiger partial charge < -0.3 is 30.3 Å². The fourth-order valence-electron chi connectivity index (χ4n) is 4.63. The maximum Gasteiger partial charge on any atom is 0.135 e. The van der Waals surface area contributed by atoms with Gasteiger partial charge in [-0.2, -0.15) is 0 Å². The van der Waals surface area contributed by atoms with Gasteiger partial charge >= 0.3 is 0 Å². The first-order chi connectivity index (χ1) is 16.8. The van der Waals surface area contributed by atoms with Gasteiger partial charge in [-0.25, -0.2) is 0 Å². The fraction of sp³-hybridized carbons (Fsp3) is 0.103. The van der Waals surface area contributed by atoms with E-state index in [9.17, 15) is 25.5 Å². The van der Waals surface area contributed by atoms with Crippen LogP contribution in [-0.2, 0) is 0 Å². The molecule has 0 saturated carbocycles. The second-order valence-electron chi connectivity index (χ2n) is 8.78. The highest BCUT2D eigenvalue weighted by Crippen LogP contribution is 2.54. The van der Waals surface area contributed by atoms with E-state index in [1.807, 2.05) is 31.2 Å². The van der Waals surface area contributed by atoms with Gasteiger partial charge in [0.05, 0.1) is 5.92 Å². The average Bonchev–Trinajstić information content (AvgIpc) is 3.18. The first kappa shape index (κ1) is 22.2. The number of phenols is 5. The SMILES string of the molecule is Cc1cc(O)cc([C@H]2Oc3cc(/C=C/c4ccc(O)cc4)cc(O)c3[C@@H]2c2cc(O)cc(O)c2)c1. The second kappa shape index (κ2) is 8.65. The van der Waals surface area contributed by atoms with E-state index < -0.39 is 12.0 Å². The highest BCUT2D eigenvalue weighted by molar-refractivity contribution is 5.73. The number of hydrogen-bond donors (Lipinski definition) is 5. The Labute approximate surface area is 202 Å². The molecule has 0 unspecified atom stereocenters. The fourth-order valence-corrected chi connectivity index (χ4v) is 4.63. The number of ether oxygens (including phenoxy) is 1. The molecule has 0 bridgehead atoms. The van der Waals surface area contributed by atoms with Crippen molar-refractivity contribution in [2.45, 2.75) is 18.9 Å². The minimum Gasteiger partial charge on any atom is -0.508 e. The van der Waals surface area contributed by atoms with Crippen LogP contribution in [0.25, 0.3) is 12.2 Å². The molecule has 4 aromatic rings. The third-order valence-electron chi connectivity index (χ3n) is 6.07. The van der Waals surface area contributed by atoms with Gasteiger partial charge in [0.2, 0.25) is 0 Å². The lowest BCUT2D eigenvalue weighted by Gasteiger charge is -2.21. The van der Waals surface area contributed by atoms with Crippen LogP contribution in [0.2, 0.25) is 0 Å². The minimum absolute atomic E-state index is 0.0139. The Morgan fingerprint density at radius 2 is 1.26 bits per heavy atom. The topological polar surface area (TPSA) is 110 Å². The van der Waals surface area contributed by atoms with Crippen molar-refractivity contribution < 1.29 is 30.3 Å². The molecule has 0 amide bonds. The number of hydrogen-bond acceptors (Lipinski definition) is 6. The summed E-state index contributed by atoms with van der Waals surface area (Å²) in [6.07, 6.45) is 3.08. The van der Waals surface area contributed by atoms with E-state index in [-0.39, 0.29) is 28.7 Å². The Hall–Kier alpha value is -4.58. The van der Waals surface area contributed by atoms with Crippen molar-refractivity contribution in [1.82, 2.24) is 0 Å². The Morgan fingerprint density at radius 3 is 1.94 bits per heavy atom. The van der Waals surface area contributed by atoms with E-state index in [4.69, 9.17) is 4.74 Å². The first-order valence-corrected chi connectivity index (χ1v) is 11.1. The quantitative estimate of drug-likeness (QED) is 0.236. The third-order valence-corrected chi connectivity index (χ3v) is 6.07. The number of phenolic OH excluding ortho intramolecular Hbond substituents is 5. The van der Waals surface area contributed by atoms with Crippen LogP contribution in [0.15, 0.2) is 72.8 Å². The lowest BCUT2D eigenvalue weighted by molar-refractivity contribution is 0.221. The molecule has 176 valence electrons. The van der Waals surface area contributed by atoms with E-state index >= 15 is 0 Å². The molecular weight excluding hydrogens is 444 g/mol. The zero-order valence-electron chi connectivity index (χ0n) is 18.9. The summed E-state index contributed by atoms with van der Waals surface area (Å²) in [5, 5.41) is 51.0. The van der Waals surface area contributed by atoms with Crippen molar-refractivity contribution in [3.8, 4) is 34.5 Å². The maximum absolute atomic E-state index is 11.1. The predicted molar refractivity (Wildman–Crippen MR) is 133 cm³/mol. The van der Waals surface area contributed by atoms with Crippen LogP contribution in [0.4, 0.5) is 0 Å². The van der Waals surface area contributed by atoms with Crippen LogP contribution in [0.1, 0.15) is 45.4 Å². The molecule has 5 rings (SSSR count). The summed E-state index contributed by atoms with van der Waals surface area (Å²) in [7, 11) is 0. The minimum atomic E-state index is -0.612. The Morgan fingerprint density at radius 1 is 0.629 bits per heavy atom. The summed E-state index contributed by atoms with van der Waals surface area (Å²) >= 11 is 0. The van der Waals surface area contributed by atoms with Crippen LogP contribution in [0.5, 0.6) is 34.5 Å². The summed E-state index contributed by atoms with van der Waals surface area (Å²) < 4.78 is 6.34. The third kappa shape index (κ3) is 4.46. The average molecular weight is 469 g/mol. The first-order valence-electron chi connectivity index (χ1n) is 11.1. The zero-order chi connectivity index (χ0) is 24.7. The van der Waals surface area contributed by atoms with Gasteiger partial charge in [-0.3, -0.25) is 0 Å². The highest BCUT2D eigenvalue weighted by Gasteiger charge is 2.40. The Balaban J connectivity index is 1.61. The molecule has 0 saturated heterocycles. The molecule has 6 heteroatoms. The molecule has 1 aliphatic rings. The van der Waals surface area contributed by atoms with Gasteiger partial charge in [0.25, 0.3) is 0 Å². The van der Waals surface area contributed by atoms with Crippen molar-refractivity contribution >= 4 is 12.2 Å². The predicted octanol–water partition coefficient (Wildman–Crippen LogP) is 5.96. The van der Waals surface area contributed by atoms with Crippen molar-refractivity contribution in [2.24, 2.45) is 0 Å². The number of aromatic hydroxyl groups is 5. The van der Waals surface area contributed by atoms with E-state index in [1.54, 1.807) is 42.5 Å². The van der Waals surface area contributed by atoms with Gasteiger partial charge in [0.1, 0.15) is 40.6 Å². The van der Waals surface area contributed by atoms with Gasteiger partial charge in [-0.1, -0.05) is 30.4 Å². The molecule has 1 heterocycles. The van der Waals surface area contributed by atoms with E-state index in [0.717, 1.165) is 11.1 Å². The zero-order valence-corrected chi connectivity index (χ0v) is 18.9. The van der Waals surface area contributed by atoms with Crippen molar-refractivity contribution in [3.05, 3.63) is 106 Å². The van der Waals surface area contributed by atoms with Crippen LogP contribution in [0.3, 0.4) is 0 Å². The van der Waals surface area contributed by atoms with Gasteiger partial charge in [-0.15, -0.1) is 0 Å². The second-order valence-corrected chi connectivity index (χ2v) is 8.78. The monoisotopic (exact) mass is 468 g/mol. The molecule has 35 heavy (non-hydrogen) atoms. The van der Waals surface area contributed by atoms with Gasteiger partial charge in [0.15, 0.2) is 0 Å². The van der Waals surface area contributed by atoms with Crippen molar-refractivity contribution in [3.63, 3.8) is 0 Å². The number of fused-ring (bicyclic) bond motifs is 1. The van der Waals surface area contributed by atoms with Crippen molar-refractivity contribution in [1.29, 1.82) is 0 Å². The molecule has 2 atom stereocenters. The van der Waals surface area contributed by atoms with Gasteiger partial charge in [-0.05, 0) is 83.3 Å². The molecule has 6 nitrogen and oxygen atoms in total. The molecule has 4 aromatic carbocycles. The largest absolute Gasteiger partial charge is 0.508 e. The molecule has 5 N–H and O–H groups in total. The molecule has 1 aliphatic heterocycles. The van der Waals surface area contributed by atoms with Crippen LogP contribution >= 0.6 is 0 Å².